The van der Waals surface area contributed by atoms with Crippen molar-refractivity contribution < 1.29 is 0 Å². The third-order valence-electron chi connectivity index (χ3n) is 6.96. The number of imidazole rings is 1. The van der Waals surface area contributed by atoms with Gasteiger partial charge in [-0.2, -0.15) is 0 Å². The van der Waals surface area contributed by atoms with Crippen molar-refractivity contribution in [3.63, 3.8) is 0 Å². The quantitative estimate of drug-likeness (QED) is 0.781. The van der Waals surface area contributed by atoms with Crippen molar-refractivity contribution in [1.82, 2.24) is 19.2 Å². The molecule has 5 heteroatoms. The predicted octanol–water partition coefficient (Wildman–Crippen LogP) is 3.95. The van der Waals surface area contributed by atoms with Crippen LogP contribution >= 0.6 is 0 Å². The van der Waals surface area contributed by atoms with Crippen molar-refractivity contribution in [2.45, 2.75) is 46.5 Å². The van der Waals surface area contributed by atoms with Crippen molar-refractivity contribution in [3.8, 4) is 0 Å². The van der Waals surface area contributed by atoms with Crippen LogP contribution in [0.25, 0.3) is 5.65 Å². The molecule has 0 bridgehead atoms. The van der Waals surface area contributed by atoms with Crippen molar-refractivity contribution >= 4 is 11.3 Å². The summed E-state index contributed by atoms with van der Waals surface area (Å²) in [5, 5.41) is 0. The number of fused-ring (bicyclic) bond motifs is 1. The molecule has 3 aliphatic rings. The van der Waals surface area contributed by atoms with Crippen LogP contribution in [0.3, 0.4) is 0 Å². The fourth-order valence-electron chi connectivity index (χ4n) is 5.74. The molecule has 1 spiro atoms. The first kappa shape index (κ1) is 20.7. The third-order valence-corrected chi connectivity index (χ3v) is 6.96. The number of piperidine rings is 1. The van der Waals surface area contributed by atoms with Crippen LogP contribution in [0.1, 0.15) is 52.0 Å². The monoisotopic (exact) mass is 397 g/mol. The first-order valence-corrected chi connectivity index (χ1v) is 11.6. The summed E-state index contributed by atoms with van der Waals surface area (Å²) in [4.78, 5) is 12.3. The van der Waals surface area contributed by atoms with E-state index in [1.165, 1.54) is 69.9 Å². The zero-order valence-electron chi connectivity index (χ0n) is 19.1. The summed E-state index contributed by atoms with van der Waals surface area (Å²) in [5.41, 5.74) is 4.58. The molecule has 5 nitrogen and oxygen atoms in total. The fourth-order valence-corrected chi connectivity index (χ4v) is 5.74. The van der Waals surface area contributed by atoms with Crippen LogP contribution in [0.15, 0.2) is 24.7 Å². The maximum atomic E-state index is 4.47. The Balaban J connectivity index is 0.000000994. The highest BCUT2D eigenvalue weighted by molar-refractivity contribution is 5.60. The molecule has 3 saturated heterocycles. The minimum Gasteiger partial charge on any atom is -0.370 e. The molecule has 5 rings (SSSR count). The van der Waals surface area contributed by atoms with Crippen molar-refractivity contribution in [2.24, 2.45) is 11.3 Å². The van der Waals surface area contributed by atoms with Crippen LogP contribution < -0.4 is 4.90 Å². The average molecular weight is 398 g/mol. The molecular formula is C24H39N5. The Labute approximate surface area is 176 Å². The molecule has 0 atom stereocenters. The molecule has 0 N–H and O–H groups in total. The SMILES string of the molecule is CC.CC(C)c1cc2nccn2cc1N1CCC(CN2CC3(CN(C)C3)C2)CC1. The second kappa shape index (κ2) is 8.27. The summed E-state index contributed by atoms with van der Waals surface area (Å²) in [6, 6.07) is 2.28. The topological polar surface area (TPSA) is 27.0 Å². The zero-order valence-corrected chi connectivity index (χ0v) is 19.1. The molecule has 3 aliphatic heterocycles. The van der Waals surface area contributed by atoms with E-state index >= 15 is 0 Å². The summed E-state index contributed by atoms with van der Waals surface area (Å²) in [7, 11) is 2.25. The number of rotatable bonds is 4. The van der Waals surface area contributed by atoms with E-state index in [1.807, 2.05) is 20.0 Å². The molecule has 0 unspecified atom stereocenters. The van der Waals surface area contributed by atoms with Gasteiger partial charge >= 0.3 is 0 Å². The van der Waals surface area contributed by atoms with E-state index in [2.05, 4.69) is 63.4 Å². The summed E-state index contributed by atoms with van der Waals surface area (Å²) >= 11 is 0. The van der Waals surface area contributed by atoms with Gasteiger partial charge in [0.05, 0.1) is 5.69 Å². The number of aromatic nitrogens is 2. The Morgan fingerprint density at radius 1 is 1.10 bits per heavy atom. The minimum atomic E-state index is 0.525. The van der Waals surface area contributed by atoms with Gasteiger partial charge in [-0.15, -0.1) is 0 Å². The summed E-state index contributed by atoms with van der Waals surface area (Å²) in [6.07, 6.45) is 8.90. The molecule has 0 aromatic carbocycles. The van der Waals surface area contributed by atoms with Gasteiger partial charge in [0.1, 0.15) is 5.65 Å². The highest BCUT2D eigenvalue weighted by Crippen LogP contribution is 2.40. The van der Waals surface area contributed by atoms with Crippen molar-refractivity contribution in [2.75, 3.05) is 57.8 Å². The van der Waals surface area contributed by atoms with Gasteiger partial charge in [0, 0.05) is 69.8 Å². The Hall–Kier alpha value is -1.59. The second-order valence-electron chi connectivity index (χ2n) is 9.73. The van der Waals surface area contributed by atoms with Crippen molar-refractivity contribution in [3.05, 3.63) is 30.2 Å². The molecular weight excluding hydrogens is 358 g/mol. The summed E-state index contributed by atoms with van der Waals surface area (Å²) in [6.45, 7) is 17.6. The Kier molecular flexibility index (Phi) is 5.90. The molecule has 2 aromatic heterocycles. The lowest BCUT2D eigenvalue weighted by molar-refractivity contribution is -0.109. The van der Waals surface area contributed by atoms with Crippen molar-refractivity contribution in [1.29, 1.82) is 0 Å². The van der Waals surface area contributed by atoms with Crippen LogP contribution in [0.4, 0.5) is 5.69 Å². The van der Waals surface area contributed by atoms with Gasteiger partial charge in [-0.05, 0) is 43.4 Å². The first-order valence-electron chi connectivity index (χ1n) is 11.6. The molecule has 5 heterocycles. The standard InChI is InChI=1S/C22H33N5.C2H6/c1-17(2)19-10-21-23-6-9-27(21)12-20(19)26-7-4-18(5-8-26)11-25-15-22(16-25)13-24(3)14-22;1-2/h6,9-10,12,17-18H,4-5,7-8,11,13-16H2,1-3H3;1-2H3. The second-order valence-corrected chi connectivity index (χ2v) is 9.73. The number of pyridine rings is 1. The minimum absolute atomic E-state index is 0.525. The largest absolute Gasteiger partial charge is 0.370 e. The van der Waals surface area contributed by atoms with Crippen LogP contribution in [0, 0.1) is 11.3 Å². The number of nitrogens with zero attached hydrogens (tertiary/aromatic N) is 5. The van der Waals surface area contributed by atoms with Gasteiger partial charge < -0.3 is 19.1 Å². The smallest absolute Gasteiger partial charge is 0.137 e. The maximum absolute atomic E-state index is 4.47. The third kappa shape index (κ3) is 4.04. The highest BCUT2D eigenvalue weighted by atomic mass is 15.3. The average Bonchev–Trinajstić information content (AvgIpc) is 3.14. The molecule has 0 saturated carbocycles. The van der Waals surface area contributed by atoms with Gasteiger partial charge in [0.25, 0.3) is 0 Å². The van der Waals surface area contributed by atoms with Crippen LogP contribution in [-0.4, -0.2) is 72.0 Å². The normalized spacial score (nSPS) is 22.5. The number of hydrogen-bond acceptors (Lipinski definition) is 4. The highest BCUT2D eigenvalue weighted by Gasteiger charge is 2.50. The molecule has 29 heavy (non-hydrogen) atoms. The summed E-state index contributed by atoms with van der Waals surface area (Å²) in [5.74, 6) is 1.40. The van der Waals surface area contributed by atoms with E-state index in [4.69, 9.17) is 0 Å². The zero-order chi connectivity index (χ0) is 20.6. The number of anilines is 1. The molecule has 2 aromatic rings. The lowest BCUT2D eigenvalue weighted by atomic mass is 9.72. The van der Waals surface area contributed by atoms with Gasteiger partial charge in [0.2, 0.25) is 0 Å². The maximum Gasteiger partial charge on any atom is 0.137 e. The van der Waals surface area contributed by atoms with E-state index in [0.29, 0.717) is 11.3 Å². The van der Waals surface area contributed by atoms with E-state index in [1.54, 1.807) is 0 Å². The lowest BCUT2D eigenvalue weighted by Crippen LogP contribution is -2.71. The summed E-state index contributed by atoms with van der Waals surface area (Å²) < 4.78 is 2.17. The number of likely N-dealkylation sites (tertiary alicyclic amines) is 2. The Bertz CT molecular complexity index is 804. The van der Waals surface area contributed by atoms with Gasteiger partial charge in [-0.1, -0.05) is 27.7 Å². The lowest BCUT2D eigenvalue weighted by Gasteiger charge is -2.60. The molecule has 160 valence electrons. The Morgan fingerprint density at radius 3 is 2.41 bits per heavy atom. The van der Waals surface area contributed by atoms with Gasteiger partial charge in [-0.25, -0.2) is 4.98 Å². The van der Waals surface area contributed by atoms with Crippen LogP contribution in [0.5, 0.6) is 0 Å². The molecule has 3 fully saturated rings. The molecule has 0 aliphatic carbocycles. The molecule has 0 amide bonds. The Morgan fingerprint density at radius 2 is 1.79 bits per heavy atom. The van der Waals surface area contributed by atoms with E-state index in [9.17, 15) is 0 Å². The van der Waals surface area contributed by atoms with E-state index in [-0.39, 0.29) is 0 Å². The van der Waals surface area contributed by atoms with Crippen LogP contribution in [-0.2, 0) is 0 Å². The fraction of sp³-hybridized carbons (Fsp3) is 0.708. The van der Waals surface area contributed by atoms with Crippen LogP contribution in [0.2, 0.25) is 0 Å². The number of hydrogen-bond donors (Lipinski definition) is 0. The van der Waals surface area contributed by atoms with Gasteiger partial charge in [-0.3, -0.25) is 0 Å². The van der Waals surface area contributed by atoms with E-state index < -0.39 is 0 Å². The van der Waals surface area contributed by atoms with E-state index in [0.717, 1.165) is 11.6 Å². The predicted molar refractivity (Wildman–Crippen MR) is 122 cm³/mol. The van der Waals surface area contributed by atoms with Gasteiger partial charge in [0.15, 0.2) is 0 Å². The molecule has 0 radical (unpaired) electrons. The first-order chi connectivity index (χ1) is 14.0.